The topological polar surface area (TPSA) is 99.8 Å². The van der Waals surface area contributed by atoms with Gasteiger partial charge in [0.2, 0.25) is 11.8 Å². The largest absolute Gasteiger partial charge is 0.483 e. The van der Waals surface area contributed by atoms with E-state index in [2.05, 4.69) is 20.9 Å². The number of carbonyl (C=O) groups excluding carboxylic acids is 3. The zero-order valence-corrected chi connectivity index (χ0v) is 24.5. The number of anilines is 1. The molecule has 0 spiro atoms. The Balaban J connectivity index is 1.39. The lowest BCUT2D eigenvalue weighted by Gasteiger charge is -2.31. The number of ether oxygens (including phenoxy) is 1. The summed E-state index contributed by atoms with van der Waals surface area (Å²) in [5, 5.41) is 0.334. The summed E-state index contributed by atoms with van der Waals surface area (Å²) < 4.78 is 6.84. The highest BCUT2D eigenvalue weighted by atomic mass is 79.9. The molecule has 0 unspecified atom stereocenters. The van der Waals surface area contributed by atoms with Crippen molar-refractivity contribution in [3.8, 4) is 5.75 Å². The Bertz CT molecular complexity index is 1520. The third-order valence-electron chi connectivity index (χ3n) is 7.28. The number of aromatic amines is 1. The molecule has 1 N–H and O–H groups in total. The normalized spacial score (nSPS) is 22.6. The molecular formula is C27H23BrClN3O5S2. The van der Waals surface area contributed by atoms with Crippen molar-refractivity contribution >= 4 is 74.0 Å². The van der Waals surface area contributed by atoms with Gasteiger partial charge in [0.05, 0.1) is 16.6 Å². The molecule has 3 amide bonds. The van der Waals surface area contributed by atoms with Gasteiger partial charge in [0.25, 0.3) is 5.91 Å². The molecule has 39 heavy (non-hydrogen) atoms. The maximum atomic E-state index is 14.0. The van der Waals surface area contributed by atoms with Crippen molar-refractivity contribution in [3.05, 3.63) is 72.1 Å². The van der Waals surface area contributed by atoms with E-state index in [1.54, 1.807) is 36.4 Å². The lowest BCUT2D eigenvalue weighted by Crippen LogP contribution is -2.38. The van der Waals surface area contributed by atoms with Crippen LogP contribution >= 0.6 is 50.6 Å². The highest BCUT2D eigenvalue weighted by Gasteiger charge is 2.56. The van der Waals surface area contributed by atoms with Crippen LogP contribution in [0.4, 0.5) is 5.69 Å². The van der Waals surface area contributed by atoms with Gasteiger partial charge in [0, 0.05) is 38.9 Å². The summed E-state index contributed by atoms with van der Waals surface area (Å²) >= 11 is 11.8. The highest BCUT2D eigenvalue weighted by molar-refractivity contribution is 9.10. The first-order valence-electron chi connectivity index (χ1n) is 12.5. The molecule has 0 saturated carbocycles. The lowest BCUT2D eigenvalue weighted by atomic mass is 9.82. The minimum atomic E-state index is -0.772. The van der Waals surface area contributed by atoms with Crippen molar-refractivity contribution in [1.82, 2.24) is 9.88 Å². The zero-order valence-electron chi connectivity index (χ0n) is 20.5. The number of nitrogens with zero attached hydrogens (tertiary/aromatic N) is 2. The number of likely N-dealkylation sites (tertiary alicyclic amines) is 1. The number of thiazole rings is 1. The summed E-state index contributed by atoms with van der Waals surface area (Å²) in [6.07, 6.45) is 3.08. The number of imide groups is 1. The third-order valence-corrected chi connectivity index (χ3v) is 10.4. The molecule has 0 bridgehead atoms. The predicted octanol–water partition coefficient (Wildman–Crippen LogP) is 5.04. The number of halogens is 2. The average Bonchev–Trinajstić information content (AvgIpc) is 3.43. The van der Waals surface area contributed by atoms with E-state index >= 15 is 0 Å². The van der Waals surface area contributed by atoms with E-state index in [9.17, 15) is 19.2 Å². The Morgan fingerprint density at radius 3 is 2.54 bits per heavy atom. The number of H-pyrrole nitrogens is 1. The summed E-state index contributed by atoms with van der Waals surface area (Å²) in [7, 11) is 0. The number of piperidine rings is 1. The number of carbonyl (C=O) groups is 3. The van der Waals surface area contributed by atoms with Crippen molar-refractivity contribution in [3.63, 3.8) is 0 Å². The van der Waals surface area contributed by atoms with Crippen molar-refractivity contribution < 1.29 is 19.1 Å². The Labute approximate surface area is 245 Å². The number of thioether (sulfide) groups is 1. The second-order valence-corrected chi connectivity index (χ2v) is 13.2. The number of nitrogens with one attached hydrogen (secondary N) is 1. The maximum Gasteiger partial charge on any atom is 0.305 e. The van der Waals surface area contributed by atoms with Gasteiger partial charge in [0.15, 0.2) is 6.61 Å². The molecule has 2 saturated heterocycles. The van der Waals surface area contributed by atoms with E-state index in [1.807, 2.05) is 11.0 Å². The summed E-state index contributed by atoms with van der Waals surface area (Å²) in [4.78, 5) is 59.2. The van der Waals surface area contributed by atoms with Gasteiger partial charge in [-0.1, -0.05) is 50.6 Å². The molecule has 0 radical (unpaired) electrons. The molecule has 1 aromatic heterocycles. The number of benzene rings is 2. The maximum absolute atomic E-state index is 14.0. The van der Waals surface area contributed by atoms with Crippen LogP contribution < -0.4 is 14.5 Å². The van der Waals surface area contributed by atoms with Gasteiger partial charge in [0.1, 0.15) is 11.0 Å². The quantitative estimate of drug-likeness (QED) is 0.390. The number of fused-ring (bicyclic) bond motifs is 2. The van der Waals surface area contributed by atoms with Gasteiger partial charge in [-0.25, -0.2) is 4.90 Å². The molecule has 2 fully saturated rings. The smallest absolute Gasteiger partial charge is 0.305 e. The Morgan fingerprint density at radius 1 is 1.05 bits per heavy atom. The lowest BCUT2D eigenvalue weighted by molar-refractivity contribution is -0.134. The first-order valence-corrected chi connectivity index (χ1v) is 15.4. The predicted molar refractivity (Wildman–Crippen MR) is 154 cm³/mol. The van der Waals surface area contributed by atoms with Crippen LogP contribution in [0.5, 0.6) is 5.75 Å². The van der Waals surface area contributed by atoms with E-state index < -0.39 is 17.1 Å². The van der Waals surface area contributed by atoms with Gasteiger partial charge in [-0.3, -0.25) is 19.2 Å². The van der Waals surface area contributed by atoms with Crippen molar-refractivity contribution in [1.29, 1.82) is 0 Å². The Kier molecular flexibility index (Phi) is 7.34. The van der Waals surface area contributed by atoms with E-state index in [1.165, 1.54) is 16.7 Å². The molecule has 8 nitrogen and oxygen atoms in total. The van der Waals surface area contributed by atoms with Gasteiger partial charge in [-0.2, -0.15) is 0 Å². The first kappa shape index (κ1) is 26.6. The molecule has 3 aromatic rings. The van der Waals surface area contributed by atoms with Crippen LogP contribution in [0, 0.1) is 5.92 Å². The minimum Gasteiger partial charge on any atom is -0.483 e. The molecule has 3 aliphatic rings. The number of aromatic nitrogens is 1. The van der Waals surface area contributed by atoms with E-state index in [0.717, 1.165) is 48.2 Å². The summed E-state index contributed by atoms with van der Waals surface area (Å²) in [5.41, 5.74) is 1.08. The standard InChI is InChI=1S/C27H23BrClN3O5S2/c28-14-4-9-18(37-13-19(33)31-10-2-1-3-11-31)17(12-14)20-21-23(38-24-22(20)39-27(36)30-24)26(35)32(25(21)34)16-7-5-15(29)6-8-16/h4-9,12,20-21,23H,1-3,10-11,13H2,(H,30,36)/t20-,21-,23+/m0/s1. The van der Waals surface area contributed by atoms with Crippen LogP contribution in [0.3, 0.4) is 0 Å². The molecule has 4 heterocycles. The van der Waals surface area contributed by atoms with Crippen LogP contribution in [0.1, 0.15) is 35.6 Å². The van der Waals surface area contributed by atoms with Gasteiger partial charge >= 0.3 is 4.87 Å². The fourth-order valence-electron chi connectivity index (χ4n) is 5.46. The fourth-order valence-corrected chi connectivity index (χ4v) is 8.48. The molecule has 12 heteroatoms. The fraction of sp³-hybridized carbons (Fsp3) is 0.333. The van der Waals surface area contributed by atoms with Crippen LogP contribution in [0.15, 0.2) is 56.8 Å². The second kappa shape index (κ2) is 10.8. The molecule has 6 rings (SSSR count). The molecule has 3 atom stereocenters. The van der Waals surface area contributed by atoms with Crippen LogP contribution in [0.2, 0.25) is 5.02 Å². The van der Waals surface area contributed by atoms with Gasteiger partial charge in [-0.05, 0) is 61.7 Å². The molecule has 2 aromatic carbocycles. The Morgan fingerprint density at radius 2 is 1.79 bits per heavy atom. The second-order valence-electron chi connectivity index (χ2n) is 9.65. The van der Waals surface area contributed by atoms with Crippen molar-refractivity contribution in [2.75, 3.05) is 24.6 Å². The first-order chi connectivity index (χ1) is 18.8. The monoisotopic (exact) mass is 647 g/mol. The van der Waals surface area contributed by atoms with E-state index in [-0.39, 0.29) is 29.2 Å². The van der Waals surface area contributed by atoms with E-state index in [4.69, 9.17) is 16.3 Å². The van der Waals surface area contributed by atoms with Crippen LogP contribution in [0.25, 0.3) is 0 Å². The van der Waals surface area contributed by atoms with E-state index in [0.29, 0.717) is 31.9 Å². The van der Waals surface area contributed by atoms with Crippen molar-refractivity contribution in [2.45, 2.75) is 35.5 Å². The minimum absolute atomic E-state index is 0.0892. The number of rotatable bonds is 5. The average molecular weight is 649 g/mol. The zero-order chi connectivity index (χ0) is 27.3. The molecular weight excluding hydrogens is 626 g/mol. The summed E-state index contributed by atoms with van der Waals surface area (Å²) in [5.74, 6) is -1.75. The number of amides is 3. The SMILES string of the molecule is O=C(COc1ccc(Br)cc1[C@@H]1c2sc(=O)[nH]c2S[C@H]2C(=O)N(c3ccc(Cl)cc3)C(=O)[C@@H]12)N1CCCCC1. The highest BCUT2D eigenvalue weighted by Crippen LogP contribution is 2.54. The third kappa shape index (κ3) is 4.94. The molecule has 3 aliphatic heterocycles. The summed E-state index contributed by atoms with van der Waals surface area (Å²) in [6.45, 7) is 1.30. The van der Waals surface area contributed by atoms with Crippen LogP contribution in [-0.2, 0) is 14.4 Å². The summed E-state index contributed by atoms with van der Waals surface area (Å²) in [6, 6.07) is 12.0. The van der Waals surface area contributed by atoms with Crippen molar-refractivity contribution in [2.24, 2.45) is 5.92 Å². The van der Waals surface area contributed by atoms with Crippen LogP contribution in [-0.4, -0.2) is 52.6 Å². The Hall–Kier alpha value is -2.60. The van der Waals surface area contributed by atoms with Gasteiger partial charge in [-0.15, -0.1) is 0 Å². The van der Waals surface area contributed by atoms with Gasteiger partial charge < -0.3 is 14.6 Å². The molecule has 0 aliphatic carbocycles. The number of hydrogen-bond donors (Lipinski definition) is 1. The number of hydrogen-bond acceptors (Lipinski definition) is 7. The molecule has 202 valence electrons.